The fraction of sp³-hybridized carbons (Fsp3) is 0.800. The minimum absolute atomic E-state index is 0.116. The first-order valence-electron chi connectivity index (χ1n) is 7.60. The second-order valence-electron chi connectivity index (χ2n) is 5.62. The van der Waals surface area contributed by atoms with Crippen LogP contribution in [-0.4, -0.2) is 54.0 Å². The molecule has 23 heavy (non-hydrogen) atoms. The average molecular weight is 346 g/mol. The summed E-state index contributed by atoms with van der Waals surface area (Å²) in [7, 11) is 0. The average Bonchev–Trinajstić information content (AvgIpc) is 2.70. The first-order valence-corrected chi connectivity index (χ1v) is 8.64. The molecule has 2 aliphatic rings. The van der Waals surface area contributed by atoms with Gasteiger partial charge < -0.3 is 18.9 Å². The molecule has 8 heteroatoms. The normalized spacial score (nSPS) is 35.0. The van der Waals surface area contributed by atoms with Gasteiger partial charge in [-0.2, -0.15) is 0 Å². The maximum absolute atomic E-state index is 11.4. The summed E-state index contributed by atoms with van der Waals surface area (Å²) in [6.45, 7) is 6.09. The molecule has 1 aliphatic heterocycles. The van der Waals surface area contributed by atoms with E-state index in [1.54, 1.807) is 0 Å². The highest BCUT2D eigenvalue weighted by molar-refractivity contribution is 7.99. The van der Waals surface area contributed by atoms with E-state index in [0.29, 0.717) is 0 Å². The van der Waals surface area contributed by atoms with Crippen LogP contribution >= 0.6 is 11.8 Å². The third kappa shape index (κ3) is 3.98. The molecule has 0 aromatic carbocycles. The summed E-state index contributed by atoms with van der Waals surface area (Å²) in [5.41, 5.74) is -0.306. The van der Waals surface area contributed by atoms with E-state index in [4.69, 9.17) is 18.9 Å². The van der Waals surface area contributed by atoms with Gasteiger partial charge in [-0.3, -0.25) is 14.4 Å². The van der Waals surface area contributed by atoms with Gasteiger partial charge in [0.15, 0.2) is 0 Å². The first kappa shape index (κ1) is 18.1. The Balaban J connectivity index is 2.14. The summed E-state index contributed by atoms with van der Waals surface area (Å²) < 4.78 is 21.8. The smallest absolute Gasteiger partial charge is 0.303 e. The van der Waals surface area contributed by atoms with Crippen LogP contribution in [0.5, 0.6) is 0 Å². The van der Waals surface area contributed by atoms with E-state index in [9.17, 15) is 14.4 Å². The van der Waals surface area contributed by atoms with Crippen molar-refractivity contribution >= 4 is 29.7 Å². The molecule has 1 saturated carbocycles. The van der Waals surface area contributed by atoms with E-state index in [2.05, 4.69) is 0 Å². The maximum Gasteiger partial charge on any atom is 0.303 e. The fourth-order valence-corrected chi connectivity index (χ4v) is 4.13. The zero-order valence-corrected chi connectivity index (χ0v) is 14.5. The van der Waals surface area contributed by atoms with Gasteiger partial charge in [0.2, 0.25) is 0 Å². The van der Waals surface area contributed by atoms with Crippen LogP contribution in [0.15, 0.2) is 0 Å². The van der Waals surface area contributed by atoms with Crippen LogP contribution in [0.3, 0.4) is 0 Å². The topological polar surface area (TPSA) is 88.1 Å². The Morgan fingerprint density at radius 3 is 2.13 bits per heavy atom. The Hall–Kier alpha value is -1.28. The number of thioether (sulfide) groups is 1. The van der Waals surface area contributed by atoms with Gasteiger partial charge in [-0.15, -0.1) is 11.8 Å². The molecule has 1 saturated heterocycles. The lowest BCUT2D eigenvalue weighted by molar-refractivity contribution is -0.198. The summed E-state index contributed by atoms with van der Waals surface area (Å²) in [4.78, 5) is 33.8. The number of hydrogen-bond donors (Lipinski definition) is 0. The molecule has 0 amide bonds. The molecule has 0 radical (unpaired) electrons. The van der Waals surface area contributed by atoms with Crippen molar-refractivity contribution in [1.82, 2.24) is 0 Å². The molecule has 0 spiro atoms. The number of ether oxygens (including phenoxy) is 4. The summed E-state index contributed by atoms with van der Waals surface area (Å²) in [5, 5.41) is 0. The minimum atomic E-state index is -0.483. The Kier molecular flexibility index (Phi) is 5.91. The van der Waals surface area contributed by atoms with Gasteiger partial charge in [-0.05, 0) is 5.75 Å². The Morgan fingerprint density at radius 1 is 1.00 bits per heavy atom. The lowest BCUT2D eigenvalue weighted by Crippen LogP contribution is -2.60. The van der Waals surface area contributed by atoms with Gasteiger partial charge in [-0.25, -0.2) is 0 Å². The summed E-state index contributed by atoms with van der Waals surface area (Å²) >= 11 is 1.54. The second kappa shape index (κ2) is 7.53. The van der Waals surface area contributed by atoms with Crippen LogP contribution < -0.4 is 0 Å². The van der Waals surface area contributed by atoms with E-state index in [1.165, 1.54) is 32.5 Å². The van der Waals surface area contributed by atoms with E-state index in [1.807, 2.05) is 6.92 Å². The van der Waals surface area contributed by atoms with Gasteiger partial charge in [0, 0.05) is 20.8 Å². The number of fused-ring (bicyclic) bond motifs is 1. The highest BCUT2D eigenvalue weighted by Gasteiger charge is 2.65. The van der Waals surface area contributed by atoms with Gasteiger partial charge in [0.05, 0.1) is 17.9 Å². The van der Waals surface area contributed by atoms with Gasteiger partial charge in [-0.1, -0.05) is 6.92 Å². The number of rotatable bonds is 6. The van der Waals surface area contributed by atoms with E-state index < -0.39 is 30.1 Å². The molecule has 2 rings (SSSR count). The standard InChI is InChI=1S/C15H22O7S/c1-5-23-15-14(21-9(4)18)11-12(20-8(3)17)10(13(11)22-15)6-19-7(2)16/h10-15H,5-6H2,1-4H3/t10?,11?,12-,13?,14?,15+/m1/s1. The van der Waals surface area contributed by atoms with Crippen molar-refractivity contribution in [2.75, 3.05) is 12.4 Å². The quantitative estimate of drug-likeness (QED) is 0.522. The van der Waals surface area contributed by atoms with E-state index in [0.717, 1.165) is 5.75 Å². The molecular formula is C15H22O7S. The monoisotopic (exact) mass is 346 g/mol. The minimum Gasteiger partial charge on any atom is -0.465 e. The summed E-state index contributed by atoms with van der Waals surface area (Å²) in [6, 6.07) is 0. The molecule has 0 N–H and O–H groups in total. The Bertz CT molecular complexity index is 480. The second-order valence-corrected chi connectivity index (χ2v) is 6.99. The van der Waals surface area contributed by atoms with Crippen molar-refractivity contribution in [3.05, 3.63) is 0 Å². The Morgan fingerprint density at radius 2 is 1.61 bits per heavy atom. The number of esters is 3. The van der Waals surface area contributed by atoms with Gasteiger partial charge in [0.1, 0.15) is 24.3 Å². The van der Waals surface area contributed by atoms with Crippen molar-refractivity contribution < 1.29 is 33.3 Å². The number of carbonyl (C=O) groups is 3. The SMILES string of the molecule is CCS[C@@H]1OC2C(COC(C)=O)[C@@H](OC(C)=O)C2C1OC(C)=O. The van der Waals surface area contributed by atoms with Gasteiger partial charge >= 0.3 is 17.9 Å². The van der Waals surface area contributed by atoms with E-state index in [-0.39, 0.29) is 30.0 Å². The van der Waals surface area contributed by atoms with Gasteiger partial charge in [0.25, 0.3) is 0 Å². The summed E-state index contributed by atoms with van der Waals surface area (Å²) in [6.07, 6.45) is -1.21. The molecule has 2 fully saturated rings. The highest BCUT2D eigenvalue weighted by atomic mass is 32.2. The molecule has 130 valence electrons. The maximum atomic E-state index is 11.4. The van der Waals surface area contributed by atoms with Crippen LogP contribution in [-0.2, 0) is 33.3 Å². The predicted molar refractivity (Wildman–Crippen MR) is 81.5 cm³/mol. The van der Waals surface area contributed by atoms with Crippen LogP contribution in [0.2, 0.25) is 0 Å². The molecule has 0 bridgehead atoms. The molecule has 4 unspecified atom stereocenters. The summed E-state index contributed by atoms with van der Waals surface area (Å²) in [5.74, 6) is -0.889. The van der Waals surface area contributed by atoms with Crippen molar-refractivity contribution in [2.24, 2.45) is 11.8 Å². The molecule has 7 nitrogen and oxygen atoms in total. The molecule has 1 aliphatic carbocycles. The molecule has 6 atom stereocenters. The number of carbonyl (C=O) groups excluding carboxylic acids is 3. The zero-order valence-electron chi connectivity index (χ0n) is 13.6. The predicted octanol–water partition coefficient (Wildman–Crippen LogP) is 1.14. The zero-order chi connectivity index (χ0) is 17.1. The van der Waals surface area contributed by atoms with Crippen molar-refractivity contribution in [1.29, 1.82) is 0 Å². The fourth-order valence-electron chi connectivity index (χ4n) is 3.16. The largest absolute Gasteiger partial charge is 0.465 e. The lowest BCUT2D eigenvalue weighted by atomic mass is 9.68. The molecule has 0 aromatic rings. The van der Waals surface area contributed by atoms with E-state index >= 15 is 0 Å². The van der Waals surface area contributed by atoms with Crippen LogP contribution in [0.25, 0.3) is 0 Å². The van der Waals surface area contributed by atoms with Crippen molar-refractivity contribution in [3.63, 3.8) is 0 Å². The first-order chi connectivity index (χ1) is 10.8. The third-order valence-corrected chi connectivity index (χ3v) is 5.00. The van der Waals surface area contributed by atoms with Crippen molar-refractivity contribution in [2.45, 2.75) is 51.4 Å². The Labute approximate surface area is 139 Å². The third-order valence-electron chi connectivity index (χ3n) is 3.96. The highest BCUT2D eigenvalue weighted by Crippen LogP contribution is 2.51. The molecule has 0 aromatic heterocycles. The van der Waals surface area contributed by atoms with Crippen molar-refractivity contribution in [3.8, 4) is 0 Å². The molecular weight excluding hydrogens is 324 g/mol. The lowest BCUT2D eigenvalue weighted by Gasteiger charge is -2.46. The van der Waals surface area contributed by atoms with Crippen LogP contribution in [0.4, 0.5) is 0 Å². The van der Waals surface area contributed by atoms with Crippen LogP contribution in [0, 0.1) is 11.8 Å². The number of hydrogen-bond acceptors (Lipinski definition) is 8. The van der Waals surface area contributed by atoms with Crippen LogP contribution in [0.1, 0.15) is 27.7 Å². The molecule has 1 heterocycles.